The fourth-order valence-corrected chi connectivity index (χ4v) is 3.96. The van der Waals surface area contributed by atoms with Gasteiger partial charge in [-0.25, -0.2) is 18.4 Å². The molecule has 1 fully saturated rings. The van der Waals surface area contributed by atoms with Crippen LogP contribution < -0.4 is 25.6 Å². The van der Waals surface area contributed by atoms with Crippen LogP contribution >= 0.6 is 11.6 Å². The van der Waals surface area contributed by atoms with Gasteiger partial charge in [0, 0.05) is 42.6 Å². The Hall–Kier alpha value is -4.05. The summed E-state index contributed by atoms with van der Waals surface area (Å²) in [5, 5.41) is 8.24. The van der Waals surface area contributed by atoms with Crippen LogP contribution in [-0.2, 0) is 0 Å². The minimum Gasteiger partial charge on any atom is -0.495 e. The lowest BCUT2D eigenvalue weighted by Gasteiger charge is -2.36. The molecule has 0 spiro atoms. The number of para-hydroxylation sites is 1. The molecule has 1 heterocycles. The third-order valence-electron chi connectivity index (χ3n) is 5.66. The van der Waals surface area contributed by atoms with Crippen LogP contribution in [0.25, 0.3) is 0 Å². The van der Waals surface area contributed by atoms with Crippen LogP contribution in [0.5, 0.6) is 5.75 Å². The molecule has 3 aromatic carbocycles. The summed E-state index contributed by atoms with van der Waals surface area (Å²) >= 11 is 6.00. The van der Waals surface area contributed by atoms with Crippen molar-refractivity contribution in [2.45, 2.75) is 0 Å². The lowest BCUT2D eigenvalue weighted by Crippen LogP contribution is -2.50. The van der Waals surface area contributed by atoms with E-state index in [-0.39, 0.29) is 0 Å². The highest BCUT2D eigenvalue weighted by molar-refractivity contribution is 6.31. The summed E-state index contributed by atoms with van der Waals surface area (Å²) in [6.45, 7) is 1.83. The van der Waals surface area contributed by atoms with Crippen LogP contribution in [0, 0.1) is 11.6 Å². The van der Waals surface area contributed by atoms with E-state index in [9.17, 15) is 18.4 Å². The molecule has 0 radical (unpaired) electrons. The summed E-state index contributed by atoms with van der Waals surface area (Å²) in [6.07, 6.45) is 0. The number of methoxy groups -OCH3 is 1. The van der Waals surface area contributed by atoms with Gasteiger partial charge < -0.3 is 30.5 Å². The highest BCUT2D eigenvalue weighted by Crippen LogP contribution is 2.28. The predicted octanol–water partition coefficient (Wildman–Crippen LogP) is 5.62. The average Bonchev–Trinajstić information content (AvgIpc) is 2.87. The molecule has 0 unspecified atom stereocenters. The number of amides is 4. The van der Waals surface area contributed by atoms with Gasteiger partial charge in [0.2, 0.25) is 0 Å². The quantitative estimate of drug-likeness (QED) is 0.411. The third-order valence-corrected chi connectivity index (χ3v) is 5.90. The Labute approximate surface area is 211 Å². The minimum absolute atomic E-state index is 0.381. The molecule has 3 aromatic rings. The van der Waals surface area contributed by atoms with E-state index in [0.29, 0.717) is 48.3 Å². The number of hydrogen-bond acceptors (Lipinski definition) is 4. The number of nitrogens with one attached hydrogen (secondary N) is 3. The largest absolute Gasteiger partial charge is 0.495 e. The van der Waals surface area contributed by atoms with Gasteiger partial charge in [-0.15, -0.1) is 0 Å². The van der Waals surface area contributed by atoms with Crippen LogP contribution in [0.2, 0.25) is 5.02 Å². The highest BCUT2D eigenvalue weighted by atomic mass is 35.5. The zero-order valence-electron chi connectivity index (χ0n) is 19.4. The number of ether oxygens (including phenoxy) is 1. The first-order valence-corrected chi connectivity index (χ1v) is 11.5. The first-order chi connectivity index (χ1) is 17.3. The molecular weight excluding hydrogens is 492 g/mol. The smallest absolute Gasteiger partial charge is 0.323 e. The van der Waals surface area contributed by atoms with Crippen LogP contribution in [0.4, 0.5) is 41.1 Å². The molecular formula is C25H24ClF2N5O3. The van der Waals surface area contributed by atoms with Crippen molar-refractivity contribution in [1.82, 2.24) is 4.90 Å². The van der Waals surface area contributed by atoms with E-state index in [1.807, 2.05) is 12.1 Å². The second-order valence-electron chi connectivity index (χ2n) is 7.97. The van der Waals surface area contributed by atoms with Crippen molar-refractivity contribution >= 4 is 46.4 Å². The number of carbonyl (C=O) groups excluding carboxylic acids is 2. The van der Waals surface area contributed by atoms with Gasteiger partial charge in [-0.1, -0.05) is 17.7 Å². The van der Waals surface area contributed by atoms with Gasteiger partial charge in [0.1, 0.15) is 23.1 Å². The number of carbonyl (C=O) groups is 2. The number of rotatable bonds is 5. The van der Waals surface area contributed by atoms with Crippen molar-refractivity contribution in [1.29, 1.82) is 0 Å². The maximum atomic E-state index is 13.8. The first-order valence-electron chi connectivity index (χ1n) is 11.1. The molecule has 1 saturated heterocycles. The zero-order chi connectivity index (χ0) is 25.7. The summed E-state index contributed by atoms with van der Waals surface area (Å²) in [7, 11) is 1.50. The van der Waals surface area contributed by atoms with Gasteiger partial charge in [-0.2, -0.15) is 0 Å². The van der Waals surface area contributed by atoms with E-state index in [0.717, 1.165) is 17.8 Å². The Bertz CT molecular complexity index is 1230. The molecule has 0 aliphatic carbocycles. The van der Waals surface area contributed by atoms with Crippen molar-refractivity contribution in [3.05, 3.63) is 77.3 Å². The number of benzene rings is 3. The SMILES string of the molecule is COc1ccc(Cl)cc1NC(=O)Nc1ccc(N2CCN(C(=O)Nc3c(F)cccc3F)CC2)cc1. The Morgan fingerprint density at radius 1 is 0.889 bits per heavy atom. The summed E-state index contributed by atoms with van der Waals surface area (Å²) in [5.41, 5.74) is 1.49. The van der Waals surface area contributed by atoms with Gasteiger partial charge in [0.05, 0.1) is 12.8 Å². The van der Waals surface area contributed by atoms with E-state index >= 15 is 0 Å². The normalized spacial score (nSPS) is 13.2. The molecule has 1 aliphatic heterocycles. The summed E-state index contributed by atoms with van der Waals surface area (Å²) in [5.74, 6) is -1.16. The number of anilines is 4. The fraction of sp³-hybridized carbons (Fsp3) is 0.200. The number of nitrogens with zero attached hydrogens (tertiary/aromatic N) is 2. The maximum Gasteiger partial charge on any atom is 0.323 e. The summed E-state index contributed by atoms with van der Waals surface area (Å²) in [6, 6.07) is 14.6. The Morgan fingerprint density at radius 3 is 2.19 bits per heavy atom. The standard InChI is InChI=1S/C25H24ClF2N5O3/c1-36-22-10-5-16(26)15-21(22)30-24(34)29-17-6-8-18(9-7-17)32-11-13-33(14-12-32)25(35)31-23-19(27)3-2-4-20(23)28/h2-10,15H,11-14H2,1H3,(H,31,35)(H2,29,30,34). The third kappa shape index (κ3) is 5.95. The fourth-order valence-electron chi connectivity index (χ4n) is 3.79. The molecule has 36 heavy (non-hydrogen) atoms. The van der Waals surface area contributed by atoms with Gasteiger partial charge in [-0.3, -0.25) is 0 Å². The minimum atomic E-state index is -0.823. The summed E-state index contributed by atoms with van der Waals surface area (Å²) < 4.78 is 32.8. The van der Waals surface area contributed by atoms with Crippen molar-refractivity contribution in [2.75, 3.05) is 54.1 Å². The van der Waals surface area contributed by atoms with Crippen LogP contribution in [0.3, 0.4) is 0 Å². The maximum absolute atomic E-state index is 13.8. The number of halogens is 3. The summed E-state index contributed by atoms with van der Waals surface area (Å²) in [4.78, 5) is 28.4. The molecule has 0 aromatic heterocycles. The predicted molar refractivity (Wildman–Crippen MR) is 136 cm³/mol. The molecule has 1 aliphatic rings. The van der Waals surface area contributed by atoms with E-state index in [2.05, 4.69) is 20.9 Å². The van der Waals surface area contributed by atoms with Crippen LogP contribution in [-0.4, -0.2) is 50.3 Å². The van der Waals surface area contributed by atoms with Crippen molar-refractivity contribution in [2.24, 2.45) is 0 Å². The number of piperazine rings is 1. The van der Waals surface area contributed by atoms with Crippen LogP contribution in [0.1, 0.15) is 0 Å². The second-order valence-corrected chi connectivity index (χ2v) is 8.41. The van der Waals surface area contributed by atoms with Gasteiger partial charge in [0.15, 0.2) is 0 Å². The molecule has 8 nitrogen and oxygen atoms in total. The lowest BCUT2D eigenvalue weighted by atomic mass is 10.2. The highest BCUT2D eigenvalue weighted by Gasteiger charge is 2.23. The molecule has 4 rings (SSSR count). The van der Waals surface area contributed by atoms with Crippen molar-refractivity contribution in [3.8, 4) is 5.75 Å². The van der Waals surface area contributed by atoms with E-state index in [1.165, 1.54) is 18.1 Å². The molecule has 4 amide bonds. The molecule has 0 atom stereocenters. The molecule has 11 heteroatoms. The second kappa shape index (κ2) is 11.1. The van der Waals surface area contributed by atoms with Crippen molar-refractivity contribution < 1.29 is 23.1 Å². The average molecular weight is 516 g/mol. The Kier molecular flexibility index (Phi) is 7.74. The monoisotopic (exact) mass is 515 g/mol. The van der Waals surface area contributed by atoms with Crippen molar-refractivity contribution in [3.63, 3.8) is 0 Å². The molecule has 0 saturated carbocycles. The molecule has 3 N–H and O–H groups in total. The van der Waals surface area contributed by atoms with E-state index < -0.39 is 29.4 Å². The van der Waals surface area contributed by atoms with Crippen LogP contribution in [0.15, 0.2) is 60.7 Å². The first kappa shape index (κ1) is 25.1. The Balaban J connectivity index is 1.29. The molecule has 0 bridgehead atoms. The molecule has 188 valence electrons. The van der Waals surface area contributed by atoms with Gasteiger partial charge in [-0.05, 0) is 54.6 Å². The van der Waals surface area contributed by atoms with Gasteiger partial charge >= 0.3 is 12.1 Å². The van der Waals surface area contributed by atoms with E-state index in [4.69, 9.17) is 16.3 Å². The topological polar surface area (TPSA) is 85.9 Å². The number of hydrogen-bond donors (Lipinski definition) is 3. The lowest BCUT2D eigenvalue weighted by molar-refractivity contribution is 0.208. The Morgan fingerprint density at radius 2 is 1.56 bits per heavy atom. The number of urea groups is 2. The van der Waals surface area contributed by atoms with E-state index in [1.54, 1.807) is 30.3 Å². The zero-order valence-corrected chi connectivity index (χ0v) is 20.1. The van der Waals surface area contributed by atoms with Gasteiger partial charge in [0.25, 0.3) is 0 Å².